The molecule has 0 N–H and O–H groups in total. The summed E-state index contributed by atoms with van der Waals surface area (Å²) in [6.07, 6.45) is 1.32. The number of nitriles is 1. The first-order valence-electron chi connectivity index (χ1n) is 5.92. The second kappa shape index (κ2) is 7.33. The third kappa shape index (κ3) is 4.10. The van der Waals surface area contributed by atoms with Crippen LogP contribution in [0.5, 0.6) is 5.75 Å². The molecule has 0 aliphatic heterocycles. The maximum atomic E-state index is 11.6. The van der Waals surface area contributed by atoms with E-state index >= 15 is 0 Å². The number of para-hydroxylation sites is 1. The monoisotopic (exact) mass is 246 g/mol. The van der Waals surface area contributed by atoms with E-state index < -0.39 is 0 Å². The molecule has 0 spiro atoms. The van der Waals surface area contributed by atoms with E-state index in [1.54, 1.807) is 19.1 Å². The molecule has 18 heavy (non-hydrogen) atoms. The van der Waals surface area contributed by atoms with Crippen molar-refractivity contribution in [2.45, 2.75) is 19.3 Å². The van der Waals surface area contributed by atoms with Crippen molar-refractivity contribution >= 4 is 5.91 Å². The fourth-order valence-electron chi connectivity index (χ4n) is 1.68. The summed E-state index contributed by atoms with van der Waals surface area (Å²) in [5.74, 6) is 0.849. The third-order valence-corrected chi connectivity index (χ3v) is 2.79. The average molecular weight is 246 g/mol. The van der Waals surface area contributed by atoms with Crippen LogP contribution in [0.25, 0.3) is 0 Å². The van der Waals surface area contributed by atoms with Crippen molar-refractivity contribution in [3.05, 3.63) is 29.8 Å². The largest absolute Gasteiger partial charge is 0.496 e. The van der Waals surface area contributed by atoms with Gasteiger partial charge in [0.25, 0.3) is 0 Å². The molecule has 0 bridgehead atoms. The predicted octanol–water partition coefficient (Wildman–Crippen LogP) is 2.00. The molecular weight excluding hydrogens is 228 g/mol. The Morgan fingerprint density at radius 3 is 2.83 bits per heavy atom. The molecule has 0 fully saturated rings. The van der Waals surface area contributed by atoms with Gasteiger partial charge >= 0.3 is 0 Å². The number of benzene rings is 1. The van der Waals surface area contributed by atoms with Crippen LogP contribution in [-0.4, -0.2) is 31.5 Å². The highest BCUT2D eigenvalue weighted by molar-refractivity contribution is 5.76. The van der Waals surface area contributed by atoms with Gasteiger partial charge in [-0.15, -0.1) is 0 Å². The minimum atomic E-state index is 0.00597. The van der Waals surface area contributed by atoms with Crippen LogP contribution in [0.2, 0.25) is 0 Å². The zero-order valence-corrected chi connectivity index (χ0v) is 10.8. The van der Waals surface area contributed by atoms with Crippen LogP contribution in [-0.2, 0) is 11.2 Å². The Morgan fingerprint density at radius 1 is 1.44 bits per heavy atom. The highest BCUT2D eigenvalue weighted by Gasteiger charge is 2.09. The van der Waals surface area contributed by atoms with E-state index in [9.17, 15) is 4.79 Å². The SMILES string of the molecule is COc1ccccc1CCN(C)C(=O)CCC#N. The number of methoxy groups -OCH3 is 1. The Hall–Kier alpha value is -2.02. The summed E-state index contributed by atoms with van der Waals surface area (Å²) >= 11 is 0. The molecule has 1 amide bonds. The van der Waals surface area contributed by atoms with Gasteiger partial charge in [0.15, 0.2) is 0 Å². The zero-order chi connectivity index (χ0) is 13.4. The molecule has 4 heteroatoms. The maximum absolute atomic E-state index is 11.6. The fourth-order valence-corrected chi connectivity index (χ4v) is 1.68. The molecule has 0 aromatic heterocycles. The number of carbonyl (C=O) groups is 1. The first-order chi connectivity index (χ1) is 8.69. The number of likely N-dealkylation sites (N-methyl/N-ethyl adjacent to an activating group) is 1. The van der Waals surface area contributed by atoms with Gasteiger partial charge in [0.2, 0.25) is 5.91 Å². The van der Waals surface area contributed by atoms with Gasteiger partial charge in [-0.05, 0) is 18.1 Å². The average Bonchev–Trinajstić information content (AvgIpc) is 2.42. The van der Waals surface area contributed by atoms with Crippen molar-refractivity contribution in [3.8, 4) is 11.8 Å². The number of rotatable bonds is 6. The quantitative estimate of drug-likeness (QED) is 0.771. The summed E-state index contributed by atoms with van der Waals surface area (Å²) in [6.45, 7) is 0.630. The summed E-state index contributed by atoms with van der Waals surface area (Å²) in [5, 5.41) is 8.44. The molecule has 1 aromatic carbocycles. The van der Waals surface area contributed by atoms with Crippen LogP contribution in [0.3, 0.4) is 0 Å². The van der Waals surface area contributed by atoms with Crippen molar-refractivity contribution in [1.29, 1.82) is 5.26 Å². The Kier molecular flexibility index (Phi) is 5.72. The van der Waals surface area contributed by atoms with Crippen LogP contribution < -0.4 is 4.74 Å². The summed E-state index contributed by atoms with van der Waals surface area (Å²) < 4.78 is 5.26. The van der Waals surface area contributed by atoms with Crippen LogP contribution in [0, 0.1) is 11.3 Å². The summed E-state index contributed by atoms with van der Waals surface area (Å²) in [6, 6.07) is 9.75. The second-order valence-electron chi connectivity index (χ2n) is 4.04. The van der Waals surface area contributed by atoms with Crippen molar-refractivity contribution in [2.75, 3.05) is 20.7 Å². The minimum Gasteiger partial charge on any atom is -0.496 e. The van der Waals surface area contributed by atoms with Crippen molar-refractivity contribution in [1.82, 2.24) is 4.90 Å². The topological polar surface area (TPSA) is 53.3 Å². The Labute approximate surface area is 108 Å². The van der Waals surface area contributed by atoms with Gasteiger partial charge < -0.3 is 9.64 Å². The lowest BCUT2D eigenvalue weighted by Gasteiger charge is -2.17. The van der Waals surface area contributed by atoms with E-state index in [2.05, 4.69) is 0 Å². The fraction of sp³-hybridized carbons (Fsp3) is 0.429. The number of ether oxygens (including phenoxy) is 1. The highest BCUT2D eigenvalue weighted by atomic mass is 16.5. The maximum Gasteiger partial charge on any atom is 0.223 e. The Bertz CT molecular complexity index is 438. The number of nitrogens with zero attached hydrogens (tertiary/aromatic N) is 2. The standard InChI is InChI=1S/C14H18N2O2/c1-16(14(17)8-5-10-15)11-9-12-6-3-4-7-13(12)18-2/h3-4,6-7H,5,8-9,11H2,1-2H3. The van der Waals surface area contributed by atoms with Crippen molar-refractivity contribution in [2.24, 2.45) is 0 Å². The first kappa shape index (κ1) is 14.0. The molecule has 0 saturated heterocycles. The molecule has 4 nitrogen and oxygen atoms in total. The number of carbonyl (C=O) groups excluding carboxylic acids is 1. The number of amides is 1. The molecular formula is C14H18N2O2. The van der Waals surface area contributed by atoms with E-state index in [4.69, 9.17) is 10.00 Å². The van der Waals surface area contributed by atoms with Gasteiger partial charge in [-0.2, -0.15) is 5.26 Å². The van der Waals surface area contributed by atoms with Gasteiger partial charge in [0.05, 0.1) is 13.2 Å². The van der Waals surface area contributed by atoms with Crippen LogP contribution >= 0.6 is 0 Å². The molecule has 96 valence electrons. The molecule has 0 heterocycles. The zero-order valence-electron chi connectivity index (χ0n) is 10.8. The van der Waals surface area contributed by atoms with E-state index in [0.717, 1.165) is 17.7 Å². The summed E-state index contributed by atoms with van der Waals surface area (Å²) in [7, 11) is 3.40. The van der Waals surface area contributed by atoms with Gasteiger partial charge in [-0.1, -0.05) is 18.2 Å². The van der Waals surface area contributed by atoms with Gasteiger partial charge in [-0.3, -0.25) is 4.79 Å². The third-order valence-electron chi connectivity index (χ3n) is 2.79. The van der Waals surface area contributed by atoms with Gasteiger partial charge in [-0.25, -0.2) is 0 Å². The molecule has 0 aliphatic rings. The summed E-state index contributed by atoms with van der Waals surface area (Å²) in [5.41, 5.74) is 1.08. The smallest absolute Gasteiger partial charge is 0.223 e. The predicted molar refractivity (Wildman–Crippen MR) is 69.2 cm³/mol. The van der Waals surface area contributed by atoms with E-state index in [-0.39, 0.29) is 12.3 Å². The molecule has 0 radical (unpaired) electrons. The van der Waals surface area contributed by atoms with E-state index in [0.29, 0.717) is 13.0 Å². The normalized spacial score (nSPS) is 9.61. The summed E-state index contributed by atoms with van der Waals surface area (Å²) in [4.78, 5) is 13.3. The van der Waals surface area contributed by atoms with Crippen molar-refractivity contribution < 1.29 is 9.53 Å². The second-order valence-corrected chi connectivity index (χ2v) is 4.04. The van der Waals surface area contributed by atoms with Crippen LogP contribution in [0.4, 0.5) is 0 Å². The molecule has 1 rings (SSSR count). The van der Waals surface area contributed by atoms with Gasteiger partial charge in [0, 0.05) is 26.4 Å². The molecule has 1 aromatic rings. The molecule has 0 saturated carbocycles. The lowest BCUT2D eigenvalue weighted by molar-refractivity contribution is -0.129. The first-order valence-corrected chi connectivity index (χ1v) is 5.92. The van der Waals surface area contributed by atoms with E-state index in [1.807, 2.05) is 30.3 Å². The van der Waals surface area contributed by atoms with E-state index in [1.165, 1.54) is 0 Å². The van der Waals surface area contributed by atoms with Gasteiger partial charge in [0.1, 0.15) is 5.75 Å². The minimum absolute atomic E-state index is 0.00597. The molecule has 0 atom stereocenters. The Balaban J connectivity index is 2.49. The lowest BCUT2D eigenvalue weighted by atomic mass is 10.1. The van der Waals surface area contributed by atoms with Crippen molar-refractivity contribution in [3.63, 3.8) is 0 Å². The molecule has 0 unspecified atom stereocenters. The number of hydrogen-bond donors (Lipinski definition) is 0. The number of hydrogen-bond acceptors (Lipinski definition) is 3. The Morgan fingerprint density at radius 2 is 2.17 bits per heavy atom. The lowest BCUT2D eigenvalue weighted by Crippen LogP contribution is -2.28. The molecule has 0 aliphatic carbocycles. The highest BCUT2D eigenvalue weighted by Crippen LogP contribution is 2.17. The van der Waals surface area contributed by atoms with Crippen LogP contribution in [0.1, 0.15) is 18.4 Å². The van der Waals surface area contributed by atoms with Crippen LogP contribution in [0.15, 0.2) is 24.3 Å².